The number of nitrogens with zero attached hydrogens (tertiary/aromatic N) is 1. The minimum Gasteiger partial charge on any atom is -0.385 e. The summed E-state index contributed by atoms with van der Waals surface area (Å²) in [5.41, 5.74) is 2.50. The molecule has 0 bridgehead atoms. The molecule has 92 valence electrons. The van der Waals surface area contributed by atoms with Gasteiger partial charge >= 0.3 is 0 Å². The van der Waals surface area contributed by atoms with Crippen molar-refractivity contribution in [2.75, 3.05) is 20.3 Å². The first-order valence-electron chi connectivity index (χ1n) is 5.74. The number of imidazole rings is 1. The average molecular weight is 225 g/mol. The number of rotatable bonds is 7. The van der Waals surface area contributed by atoms with Crippen molar-refractivity contribution >= 4 is 0 Å². The van der Waals surface area contributed by atoms with E-state index in [1.54, 1.807) is 13.4 Å². The van der Waals surface area contributed by atoms with Crippen molar-refractivity contribution in [3.05, 3.63) is 17.7 Å². The Hall–Kier alpha value is -0.870. The van der Waals surface area contributed by atoms with E-state index in [1.165, 1.54) is 0 Å². The monoisotopic (exact) mass is 225 g/mol. The molecule has 1 aromatic heterocycles. The molecular formula is C12H23N3O. The van der Waals surface area contributed by atoms with Gasteiger partial charge in [-0.2, -0.15) is 0 Å². The summed E-state index contributed by atoms with van der Waals surface area (Å²) in [5, 5.41) is 3.44. The Morgan fingerprint density at radius 1 is 1.50 bits per heavy atom. The summed E-state index contributed by atoms with van der Waals surface area (Å²) in [6.45, 7) is 9.15. The molecule has 0 spiro atoms. The summed E-state index contributed by atoms with van der Waals surface area (Å²) < 4.78 is 5.10. The molecule has 0 saturated heterocycles. The zero-order valence-electron chi connectivity index (χ0n) is 10.8. The summed E-state index contributed by atoms with van der Waals surface area (Å²) in [6, 6.07) is 0. The number of H-pyrrole nitrogens is 1. The van der Waals surface area contributed by atoms with Gasteiger partial charge in [0, 0.05) is 32.5 Å². The maximum absolute atomic E-state index is 5.10. The number of ether oxygens (including phenoxy) is 1. The highest BCUT2D eigenvalue weighted by Crippen LogP contribution is 2.18. The molecule has 0 radical (unpaired) electrons. The molecule has 0 amide bonds. The second-order valence-electron chi connectivity index (χ2n) is 4.98. The molecule has 0 aliphatic heterocycles. The third kappa shape index (κ3) is 4.33. The smallest absolute Gasteiger partial charge is 0.0925 e. The molecule has 0 atom stereocenters. The van der Waals surface area contributed by atoms with Crippen LogP contribution in [0.25, 0.3) is 0 Å². The molecule has 1 aromatic rings. The van der Waals surface area contributed by atoms with E-state index in [0.29, 0.717) is 0 Å². The highest BCUT2D eigenvalue weighted by molar-refractivity contribution is 5.07. The molecule has 0 aliphatic carbocycles. The highest BCUT2D eigenvalue weighted by atomic mass is 16.5. The fraction of sp³-hybridized carbons (Fsp3) is 0.750. The second-order valence-corrected chi connectivity index (χ2v) is 4.98. The fourth-order valence-corrected chi connectivity index (χ4v) is 1.55. The van der Waals surface area contributed by atoms with Gasteiger partial charge < -0.3 is 15.0 Å². The number of hydrogen-bond donors (Lipinski definition) is 2. The number of methoxy groups -OCH3 is 1. The molecule has 0 aliphatic rings. The van der Waals surface area contributed by atoms with Crippen molar-refractivity contribution in [1.82, 2.24) is 15.3 Å². The third-order valence-electron chi connectivity index (χ3n) is 2.81. The molecule has 0 fully saturated rings. The van der Waals surface area contributed by atoms with Crippen LogP contribution in [0, 0.1) is 12.3 Å². The number of nitrogens with one attached hydrogen (secondary N) is 2. The Kier molecular flexibility index (Phi) is 4.96. The molecule has 4 nitrogen and oxygen atoms in total. The molecule has 16 heavy (non-hydrogen) atoms. The van der Waals surface area contributed by atoms with Crippen LogP contribution in [0.15, 0.2) is 6.33 Å². The lowest BCUT2D eigenvalue weighted by atomic mass is 9.90. The van der Waals surface area contributed by atoms with Crippen LogP contribution in [-0.4, -0.2) is 30.2 Å². The lowest BCUT2D eigenvalue weighted by molar-refractivity contribution is 0.150. The van der Waals surface area contributed by atoms with Crippen molar-refractivity contribution in [2.45, 2.75) is 33.7 Å². The van der Waals surface area contributed by atoms with Crippen molar-refractivity contribution in [3.8, 4) is 0 Å². The van der Waals surface area contributed by atoms with Crippen molar-refractivity contribution in [2.24, 2.45) is 5.41 Å². The van der Waals surface area contributed by atoms with E-state index in [2.05, 4.69) is 29.1 Å². The second kappa shape index (κ2) is 6.01. The van der Waals surface area contributed by atoms with Gasteiger partial charge in [0.2, 0.25) is 0 Å². The molecule has 2 N–H and O–H groups in total. The standard InChI is InChI=1S/C12H23N3O/c1-10-11(15-9-14-10)7-13-8-12(2,3)5-6-16-4/h9,13H,5-8H2,1-4H3,(H,14,15). The average Bonchev–Trinajstić information content (AvgIpc) is 2.62. The third-order valence-corrected chi connectivity index (χ3v) is 2.81. The zero-order chi connectivity index (χ0) is 12.0. The van der Waals surface area contributed by atoms with Gasteiger partial charge in [0.05, 0.1) is 12.0 Å². The summed E-state index contributed by atoms with van der Waals surface area (Å²) >= 11 is 0. The van der Waals surface area contributed by atoms with E-state index in [0.717, 1.165) is 37.5 Å². The zero-order valence-corrected chi connectivity index (χ0v) is 10.8. The lowest BCUT2D eigenvalue weighted by Gasteiger charge is -2.24. The van der Waals surface area contributed by atoms with E-state index >= 15 is 0 Å². The predicted octanol–water partition coefficient (Wildman–Crippen LogP) is 1.87. The normalized spacial score (nSPS) is 12.0. The van der Waals surface area contributed by atoms with E-state index in [4.69, 9.17) is 4.74 Å². The molecule has 1 rings (SSSR count). The van der Waals surface area contributed by atoms with Crippen LogP contribution < -0.4 is 5.32 Å². The summed E-state index contributed by atoms with van der Waals surface area (Å²) in [4.78, 5) is 7.33. The Balaban J connectivity index is 2.27. The molecular weight excluding hydrogens is 202 g/mol. The molecule has 4 heteroatoms. The molecule has 1 heterocycles. The predicted molar refractivity (Wildman–Crippen MR) is 65.3 cm³/mol. The lowest BCUT2D eigenvalue weighted by Crippen LogP contribution is -2.30. The van der Waals surface area contributed by atoms with Crippen LogP contribution in [0.2, 0.25) is 0 Å². The summed E-state index contributed by atoms with van der Waals surface area (Å²) in [7, 11) is 1.75. The first-order valence-corrected chi connectivity index (χ1v) is 5.74. The van der Waals surface area contributed by atoms with Crippen molar-refractivity contribution in [3.63, 3.8) is 0 Å². The Morgan fingerprint density at radius 2 is 2.25 bits per heavy atom. The van der Waals surface area contributed by atoms with Crippen LogP contribution in [0.5, 0.6) is 0 Å². The van der Waals surface area contributed by atoms with E-state index < -0.39 is 0 Å². The van der Waals surface area contributed by atoms with Crippen molar-refractivity contribution in [1.29, 1.82) is 0 Å². The topological polar surface area (TPSA) is 49.9 Å². The van der Waals surface area contributed by atoms with E-state index in [-0.39, 0.29) is 5.41 Å². The van der Waals surface area contributed by atoms with E-state index in [9.17, 15) is 0 Å². The first-order chi connectivity index (χ1) is 7.55. The van der Waals surface area contributed by atoms with Gasteiger partial charge in [0.1, 0.15) is 0 Å². The minimum atomic E-state index is 0.264. The maximum atomic E-state index is 5.10. The Labute approximate surface area is 97.8 Å². The van der Waals surface area contributed by atoms with Crippen LogP contribution >= 0.6 is 0 Å². The van der Waals surface area contributed by atoms with Crippen LogP contribution in [0.4, 0.5) is 0 Å². The van der Waals surface area contributed by atoms with Crippen LogP contribution in [0.1, 0.15) is 31.7 Å². The van der Waals surface area contributed by atoms with Gasteiger partial charge in [-0.15, -0.1) is 0 Å². The van der Waals surface area contributed by atoms with E-state index in [1.807, 2.05) is 6.92 Å². The van der Waals surface area contributed by atoms with Crippen LogP contribution in [-0.2, 0) is 11.3 Å². The molecule has 0 aromatic carbocycles. The van der Waals surface area contributed by atoms with Gasteiger partial charge in [0.25, 0.3) is 0 Å². The highest BCUT2D eigenvalue weighted by Gasteiger charge is 2.17. The number of aromatic nitrogens is 2. The largest absolute Gasteiger partial charge is 0.385 e. The Bertz CT molecular complexity index is 307. The fourth-order valence-electron chi connectivity index (χ4n) is 1.55. The number of aromatic amines is 1. The van der Waals surface area contributed by atoms with Gasteiger partial charge in [-0.05, 0) is 18.8 Å². The summed E-state index contributed by atoms with van der Waals surface area (Å²) in [5.74, 6) is 0. The summed E-state index contributed by atoms with van der Waals surface area (Å²) in [6.07, 6.45) is 2.80. The SMILES string of the molecule is COCCC(C)(C)CNCc1nc[nH]c1C. The first kappa shape index (κ1) is 13.2. The maximum Gasteiger partial charge on any atom is 0.0925 e. The van der Waals surface area contributed by atoms with Crippen molar-refractivity contribution < 1.29 is 4.74 Å². The van der Waals surface area contributed by atoms with Gasteiger partial charge in [-0.3, -0.25) is 0 Å². The minimum absolute atomic E-state index is 0.264. The van der Waals surface area contributed by atoms with Gasteiger partial charge in [-0.1, -0.05) is 13.8 Å². The quantitative estimate of drug-likeness (QED) is 0.745. The molecule has 0 unspecified atom stereocenters. The Morgan fingerprint density at radius 3 is 2.81 bits per heavy atom. The molecule has 0 saturated carbocycles. The van der Waals surface area contributed by atoms with Gasteiger partial charge in [0.15, 0.2) is 0 Å². The van der Waals surface area contributed by atoms with Crippen LogP contribution in [0.3, 0.4) is 0 Å². The van der Waals surface area contributed by atoms with Gasteiger partial charge in [-0.25, -0.2) is 4.98 Å². The number of hydrogen-bond acceptors (Lipinski definition) is 3. The number of aryl methyl sites for hydroxylation is 1.